The number of para-hydroxylation sites is 1. The zero-order valence-electron chi connectivity index (χ0n) is 9.05. The van der Waals surface area contributed by atoms with Gasteiger partial charge in [0.15, 0.2) is 5.13 Å². The molecule has 3 aromatic rings. The highest BCUT2D eigenvalue weighted by Crippen LogP contribution is 2.33. The van der Waals surface area contributed by atoms with E-state index in [1.807, 2.05) is 24.3 Å². The molecule has 17 heavy (non-hydrogen) atoms. The molecular weight excluding hydrogens is 230 g/mol. The van der Waals surface area contributed by atoms with Gasteiger partial charge in [-0.05, 0) is 11.6 Å². The van der Waals surface area contributed by atoms with E-state index >= 15 is 0 Å². The van der Waals surface area contributed by atoms with Crippen molar-refractivity contribution in [1.82, 2.24) is 4.98 Å². The average Bonchev–Trinajstić information content (AvgIpc) is 2.82. The minimum absolute atomic E-state index is 0.739. The molecule has 0 unspecified atom stereocenters. The number of benzene rings is 2. The van der Waals surface area contributed by atoms with Crippen molar-refractivity contribution in [3.8, 4) is 11.1 Å². The maximum absolute atomic E-state index is 5.40. The van der Waals surface area contributed by atoms with E-state index in [0.29, 0.717) is 0 Å². The van der Waals surface area contributed by atoms with Crippen LogP contribution in [0.4, 0.5) is 5.13 Å². The van der Waals surface area contributed by atoms with Gasteiger partial charge in [0.1, 0.15) is 0 Å². The molecule has 3 nitrogen and oxygen atoms in total. The Bertz CT molecular complexity index is 646. The van der Waals surface area contributed by atoms with Crippen LogP contribution in [0.1, 0.15) is 0 Å². The van der Waals surface area contributed by atoms with Crippen LogP contribution in [-0.4, -0.2) is 4.98 Å². The summed E-state index contributed by atoms with van der Waals surface area (Å²) in [5, 5.41) is 0.739. The number of rotatable bonds is 2. The summed E-state index contributed by atoms with van der Waals surface area (Å²) in [5.41, 5.74) is 5.91. The molecule has 1 heterocycles. The first-order valence-electron chi connectivity index (χ1n) is 5.30. The van der Waals surface area contributed by atoms with Crippen LogP contribution in [0.3, 0.4) is 0 Å². The van der Waals surface area contributed by atoms with Crippen LogP contribution in [0.5, 0.6) is 0 Å². The number of nitrogen functional groups attached to an aromatic ring is 1. The zero-order valence-corrected chi connectivity index (χ0v) is 9.87. The summed E-state index contributed by atoms with van der Waals surface area (Å²) in [7, 11) is 0. The van der Waals surface area contributed by atoms with Crippen LogP contribution in [0.2, 0.25) is 0 Å². The van der Waals surface area contributed by atoms with Crippen molar-refractivity contribution in [3.05, 3.63) is 48.5 Å². The van der Waals surface area contributed by atoms with Gasteiger partial charge < -0.3 is 0 Å². The number of aromatic nitrogens is 1. The van der Waals surface area contributed by atoms with Crippen molar-refractivity contribution in [2.45, 2.75) is 0 Å². The van der Waals surface area contributed by atoms with E-state index in [1.165, 1.54) is 5.56 Å². The Morgan fingerprint density at radius 2 is 1.82 bits per heavy atom. The Balaban J connectivity index is 2.26. The van der Waals surface area contributed by atoms with Crippen LogP contribution >= 0.6 is 11.3 Å². The first kappa shape index (κ1) is 10.3. The molecule has 2 aromatic carbocycles. The van der Waals surface area contributed by atoms with Gasteiger partial charge in [-0.25, -0.2) is 10.8 Å². The van der Waals surface area contributed by atoms with Crippen LogP contribution < -0.4 is 11.3 Å². The van der Waals surface area contributed by atoms with Crippen molar-refractivity contribution in [2.75, 3.05) is 5.43 Å². The van der Waals surface area contributed by atoms with Crippen LogP contribution in [0, 0.1) is 0 Å². The number of hydrazine groups is 1. The summed E-state index contributed by atoms with van der Waals surface area (Å²) in [4.78, 5) is 4.49. The van der Waals surface area contributed by atoms with Crippen molar-refractivity contribution in [2.24, 2.45) is 5.84 Å². The van der Waals surface area contributed by atoms with E-state index < -0.39 is 0 Å². The van der Waals surface area contributed by atoms with Crippen molar-refractivity contribution in [1.29, 1.82) is 0 Å². The lowest BCUT2D eigenvalue weighted by molar-refractivity contribution is 1.31. The fraction of sp³-hybridized carbons (Fsp3) is 0. The molecule has 0 saturated heterocycles. The molecule has 0 aliphatic heterocycles. The van der Waals surface area contributed by atoms with Crippen molar-refractivity contribution >= 4 is 26.7 Å². The molecule has 0 bridgehead atoms. The third-order valence-electron chi connectivity index (χ3n) is 2.63. The third-order valence-corrected chi connectivity index (χ3v) is 3.58. The normalized spacial score (nSPS) is 10.6. The van der Waals surface area contributed by atoms with E-state index in [0.717, 1.165) is 20.9 Å². The molecule has 4 heteroatoms. The summed E-state index contributed by atoms with van der Waals surface area (Å²) in [6.07, 6.45) is 0. The topological polar surface area (TPSA) is 50.9 Å². The van der Waals surface area contributed by atoms with Crippen molar-refractivity contribution < 1.29 is 0 Å². The molecule has 3 rings (SSSR count). The lowest BCUT2D eigenvalue weighted by Crippen LogP contribution is -2.05. The second kappa shape index (κ2) is 4.16. The SMILES string of the molecule is NNc1nc2c(-c3ccccc3)cccc2s1. The summed E-state index contributed by atoms with van der Waals surface area (Å²) in [6.45, 7) is 0. The maximum Gasteiger partial charge on any atom is 0.198 e. The van der Waals surface area contributed by atoms with E-state index in [9.17, 15) is 0 Å². The lowest BCUT2D eigenvalue weighted by atomic mass is 10.1. The molecule has 3 N–H and O–H groups in total. The number of anilines is 1. The van der Waals surface area contributed by atoms with Gasteiger partial charge in [-0.3, -0.25) is 5.43 Å². The zero-order chi connectivity index (χ0) is 11.7. The molecule has 0 amide bonds. The predicted octanol–water partition coefficient (Wildman–Crippen LogP) is 3.25. The number of thiazole rings is 1. The monoisotopic (exact) mass is 241 g/mol. The summed E-state index contributed by atoms with van der Waals surface area (Å²) in [5.74, 6) is 5.40. The second-order valence-corrected chi connectivity index (χ2v) is 4.71. The average molecular weight is 241 g/mol. The largest absolute Gasteiger partial charge is 0.300 e. The number of nitrogens with zero attached hydrogens (tertiary/aromatic N) is 1. The quantitative estimate of drug-likeness (QED) is 0.535. The van der Waals surface area contributed by atoms with Crippen LogP contribution in [-0.2, 0) is 0 Å². The smallest absolute Gasteiger partial charge is 0.198 e. The van der Waals surface area contributed by atoms with Gasteiger partial charge in [0.05, 0.1) is 10.2 Å². The lowest BCUT2D eigenvalue weighted by Gasteiger charge is -2.01. The highest BCUT2D eigenvalue weighted by Gasteiger charge is 2.08. The van der Waals surface area contributed by atoms with Gasteiger partial charge >= 0.3 is 0 Å². The number of hydrogen-bond donors (Lipinski definition) is 2. The Morgan fingerprint density at radius 1 is 1.00 bits per heavy atom. The predicted molar refractivity (Wildman–Crippen MR) is 72.9 cm³/mol. The number of fused-ring (bicyclic) bond motifs is 1. The van der Waals surface area contributed by atoms with Gasteiger partial charge in [-0.2, -0.15) is 0 Å². The van der Waals surface area contributed by atoms with Gasteiger partial charge in [-0.1, -0.05) is 53.8 Å². The third kappa shape index (κ3) is 1.77. The molecule has 0 aliphatic carbocycles. The summed E-state index contributed by atoms with van der Waals surface area (Å²) in [6, 6.07) is 16.4. The molecule has 84 valence electrons. The molecule has 0 saturated carbocycles. The Morgan fingerprint density at radius 3 is 2.59 bits per heavy atom. The first-order valence-corrected chi connectivity index (χ1v) is 6.12. The van der Waals surface area contributed by atoms with E-state index in [-0.39, 0.29) is 0 Å². The maximum atomic E-state index is 5.40. The molecule has 0 radical (unpaired) electrons. The summed E-state index contributed by atoms with van der Waals surface area (Å²) < 4.78 is 1.14. The van der Waals surface area contributed by atoms with Gasteiger partial charge in [0, 0.05) is 5.56 Å². The molecular formula is C13H11N3S. The van der Waals surface area contributed by atoms with E-state index in [2.05, 4.69) is 34.7 Å². The summed E-state index contributed by atoms with van der Waals surface area (Å²) >= 11 is 1.56. The van der Waals surface area contributed by atoms with E-state index in [4.69, 9.17) is 5.84 Å². The molecule has 1 aromatic heterocycles. The Kier molecular flexibility index (Phi) is 2.51. The Hall–Kier alpha value is -1.91. The number of hydrogen-bond acceptors (Lipinski definition) is 4. The standard InChI is InChI=1S/C13H11N3S/c14-16-13-15-12-10(7-4-8-11(12)17-13)9-5-2-1-3-6-9/h1-8H,14H2,(H,15,16). The van der Waals surface area contributed by atoms with Crippen molar-refractivity contribution in [3.63, 3.8) is 0 Å². The fourth-order valence-electron chi connectivity index (χ4n) is 1.86. The highest BCUT2D eigenvalue weighted by molar-refractivity contribution is 7.22. The van der Waals surface area contributed by atoms with Crippen LogP contribution in [0.25, 0.3) is 21.3 Å². The minimum atomic E-state index is 0.739. The van der Waals surface area contributed by atoms with E-state index in [1.54, 1.807) is 11.3 Å². The number of nitrogens with two attached hydrogens (primary N) is 1. The molecule has 0 spiro atoms. The molecule has 0 atom stereocenters. The molecule has 0 fully saturated rings. The van der Waals surface area contributed by atoms with Gasteiger partial charge in [0.2, 0.25) is 0 Å². The first-order chi connectivity index (χ1) is 8.38. The molecule has 0 aliphatic rings. The number of nitrogens with one attached hydrogen (secondary N) is 1. The second-order valence-electron chi connectivity index (χ2n) is 3.68. The van der Waals surface area contributed by atoms with Gasteiger partial charge in [0.25, 0.3) is 0 Å². The van der Waals surface area contributed by atoms with Gasteiger partial charge in [-0.15, -0.1) is 0 Å². The fourth-order valence-corrected chi connectivity index (χ4v) is 2.66. The highest BCUT2D eigenvalue weighted by atomic mass is 32.1. The minimum Gasteiger partial charge on any atom is -0.300 e. The Labute approximate surface area is 103 Å². The van der Waals surface area contributed by atoms with Crippen LogP contribution in [0.15, 0.2) is 48.5 Å².